The minimum absolute atomic E-state index is 0.0482. The number of nitrogens with one attached hydrogen (secondary N) is 1. The number of hydrogen-bond donors (Lipinski definition) is 2. The molecular weight excluding hydrogens is 242 g/mol. The Morgan fingerprint density at radius 3 is 2.74 bits per heavy atom. The first-order valence-corrected chi connectivity index (χ1v) is 6.58. The molecule has 1 aliphatic rings. The van der Waals surface area contributed by atoms with Crippen LogP contribution in [0.5, 0.6) is 0 Å². The molecule has 4 heteroatoms. The molecule has 4 nitrogen and oxygen atoms in total. The lowest BCUT2D eigenvalue weighted by Crippen LogP contribution is -2.48. The molecule has 1 fully saturated rings. The molecule has 2 unspecified atom stereocenters. The fourth-order valence-electron chi connectivity index (χ4n) is 2.36. The van der Waals surface area contributed by atoms with Crippen LogP contribution in [0.3, 0.4) is 0 Å². The van der Waals surface area contributed by atoms with Crippen molar-refractivity contribution in [1.29, 1.82) is 0 Å². The van der Waals surface area contributed by atoms with Crippen LogP contribution >= 0.6 is 0 Å². The van der Waals surface area contributed by atoms with Gasteiger partial charge in [0.25, 0.3) is 0 Å². The van der Waals surface area contributed by atoms with E-state index in [2.05, 4.69) is 5.32 Å². The fraction of sp³-hybridized carbons (Fsp3) is 0.533. The summed E-state index contributed by atoms with van der Waals surface area (Å²) in [5.74, 6) is -0.151. The van der Waals surface area contributed by atoms with Gasteiger partial charge in [0.1, 0.15) is 0 Å². The Balaban J connectivity index is 1.98. The molecule has 0 aliphatic carbocycles. The van der Waals surface area contributed by atoms with Gasteiger partial charge in [0.15, 0.2) is 0 Å². The zero-order valence-corrected chi connectivity index (χ0v) is 11.5. The van der Waals surface area contributed by atoms with Crippen LogP contribution in [-0.2, 0) is 15.1 Å². The van der Waals surface area contributed by atoms with E-state index in [1.54, 1.807) is 6.92 Å². The molecule has 2 N–H and O–H groups in total. The van der Waals surface area contributed by atoms with E-state index >= 15 is 0 Å². The fourth-order valence-corrected chi connectivity index (χ4v) is 2.36. The summed E-state index contributed by atoms with van der Waals surface area (Å²) in [6.07, 6.45) is 0.860. The van der Waals surface area contributed by atoms with Gasteiger partial charge in [-0.25, -0.2) is 0 Å². The van der Waals surface area contributed by atoms with Gasteiger partial charge >= 0.3 is 0 Å². The number of carbonyl (C=O) groups excluding carboxylic acids is 1. The Morgan fingerprint density at radius 1 is 1.47 bits per heavy atom. The topological polar surface area (TPSA) is 58.6 Å². The maximum atomic E-state index is 12.1. The number of rotatable bonds is 4. The highest BCUT2D eigenvalue weighted by atomic mass is 16.5. The van der Waals surface area contributed by atoms with E-state index < -0.39 is 5.60 Å². The predicted molar refractivity (Wildman–Crippen MR) is 72.6 cm³/mol. The highest BCUT2D eigenvalue weighted by molar-refractivity contribution is 5.78. The number of ether oxygens (including phenoxy) is 1. The first-order valence-electron chi connectivity index (χ1n) is 6.58. The normalized spacial score (nSPS) is 25.8. The van der Waals surface area contributed by atoms with Crippen LogP contribution in [0.4, 0.5) is 0 Å². The van der Waals surface area contributed by atoms with E-state index in [1.807, 2.05) is 37.3 Å². The van der Waals surface area contributed by atoms with Gasteiger partial charge in [-0.15, -0.1) is 0 Å². The minimum Gasteiger partial charge on any atom is -0.385 e. The summed E-state index contributed by atoms with van der Waals surface area (Å²) in [4.78, 5) is 12.1. The zero-order valence-electron chi connectivity index (χ0n) is 11.5. The van der Waals surface area contributed by atoms with Gasteiger partial charge in [-0.1, -0.05) is 30.3 Å². The van der Waals surface area contributed by atoms with E-state index in [0.29, 0.717) is 13.2 Å². The SMILES string of the molecule is CC1(NC(=O)CC(C)(O)c2ccccc2)CCOC1. The van der Waals surface area contributed by atoms with Crippen molar-refractivity contribution in [2.45, 2.75) is 37.8 Å². The second-order valence-electron chi connectivity index (χ2n) is 5.73. The Hall–Kier alpha value is -1.39. The second kappa shape index (κ2) is 5.31. The summed E-state index contributed by atoms with van der Waals surface area (Å²) in [6, 6.07) is 9.25. The van der Waals surface area contributed by atoms with Crippen LogP contribution in [-0.4, -0.2) is 29.8 Å². The van der Waals surface area contributed by atoms with Gasteiger partial charge in [-0.3, -0.25) is 4.79 Å². The molecule has 2 atom stereocenters. The average Bonchev–Trinajstić information content (AvgIpc) is 2.76. The van der Waals surface area contributed by atoms with Crippen molar-refractivity contribution in [2.75, 3.05) is 13.2 Å². The van der Waals surface area contributed by atoms with E-state index in [0.717, 1.165) is 12.0 Å². The van der Waals surface area contributed by atoms with Gasteiger partial charge in [-0.05, 0) is 25.8 Å². The molecular formula is C15H21NO3. The standard InChI is InChI=1S/C15H21NO3/c1-14(8-9-19-11-14)16-13(17)10-15(2,18)12-6-4-3-5-7-12/h3-7,18H,8-11H2,1-2H3,(H,16,17). The van der Waals surface area contributed by atoms with Crippen molar-refractivity contribution in [3.63, 3.8) is 0 Å². The molecule has 1 aliphatic heterocycles. The van der Waals surface area contributed by atoms with Crippen molar-refractivity contribution < 1.29 is 14.6 Å². The average molecular weight is 263 g/mol. The van der Waals surface area contributed by atoms with Gasteiger partial charge in [0, 0.05) is 6.61 Å². The lowest BCUT2D eigenvalue weighted by molar-refractivity contribution is -0.127. The lowest BCUT2D eigenvalue weighted by atomic mass is 9.91. The Bertz CT molecular complexity index is 436. The van der Waals surface area contributed by atoms with Gasteiger partial charge in [0.05, 0.1) is 24.2 Å². The molecule has 1 amide bonds. The molecule has 1 aromatic rings. The number of carbonyl (C=O) groups is 1. The van der Waals surface area contributed by atoms with Crippen LogP contribution in [0.1, 0.15) is 32.3 Å². The maximum Gasteiger partial charge on any atom is 0.223 e. The van der Waals surface area contributed by atoms with Crippen molar-refractivity contribution >= 4 is 5.91 Å². The first kappa shape index (κ1) is 14.0. The van der Waals surface area contributed by atoms with Crippen molar-refractivity contribution in [3.8, 4) is 0 Å². The number of benzene rings is 1. The first-order chi connectivity index (χ1) is 8.91. The van der Waals surface area contributed by atoms with Crippen LogP contribution in [0.15, 0.2) is 30.3 Å². The van der Waals surface area contributed by atoms with Gasteiger partial charge < -0.3 is 15.2 Å². The van der Waals surface area contributed by atoms with Crippen molar-refractivity contribution in [1.82, 2.24) is 5.32 Å². The number of amides is 1. The summed E-state index contributed by atoms with van der Waals surface area (Å²) in [6.45, 7) is 4.84. The Labute approximate surface area is 113 Å². The van der Waals surface area contributed by atoms with E-state index in [-0.39, 0.29) is 17.9 Å². The third-order valence-electron chi connectivity index (χ3n) is 3.56. The molecule has 19 heavy (non-hydrogen) atoms. The summed E-state index contributed by atoms with van der Waals surface area (Å²) >= 11 is 0. The van der Waals surface area contributed by atoms with Crippen LogP contribution < -0.4 is 5.32 Å². The van der Waals surface area contributed by atoms with Gasteiger partial charge in [0.2, 0.25) is 5.91 Å². The largest absolute Gasteiger partial charge is 0.385 e. The highest BCUT2D eigenvalue weighted by Gasteiger charge is 2.34. The van der Waals surface area contributed by atoms with Crippen molar-refractivity contribution in [3.05, 3.63) is 35.9 Å². The summed E-state index contributed by atoms with van der Waals surface area (Å²) in [5, 5.41) is 13.4. The Kier molecular flexibility index (Phi) is 3.92. The minimum atomic E-state index is -1.15. The van der Waals surface area contributed by atoms with E-state index in [1.165, 1.54) is 0 Å². The summed E-state index contributed by atoms with van der Waals surface area (Å²) in [5.41, 5.74) is -0.705. The quantitative estimate of drug-likeness (QED) is 0.867. The molecule has 1 aromatic carbocycles. The lowest BCUT2D eigenvalue weighted by Gasteiger charge is -2.28. The van der Waals surface area contributed by atoms with E-state index in [4.69, 9.17) is 4.74 Å². The molecule has 1 saturated heterocycles. The van der Waals surface area contributed by atoms with Gasteiger partial charge in [-0.2, -0.15) is 0 Å². The molecule has 0 aromatic heterocycles. The molecule has 104 valence electrons. The smallest absolute Gasteiger partial charge is 0.223 e. The van der Waals surface area contributed by atoms with Crippen LogP contribution in [0.2, 0.25) is 0 Å². The van der Waals surface area contributed by atoms with Crippen molar-refractivity contribution in [2.24, 2.45) is 0 Å². The molecule has 0 spiro atoms. The number of aliphatic hydroxyl groups is 1. The molecule has 1 heterocycles. The molecule has 2 rings (SSSR count). The van der Waals surface area contributed by atoms with Crippen LogP contribution in [0, 0.1) is 0 Å². The predicted octanol–water partition coefficient (Wildman–Crippen LogP) is 1.58. The third kappa shape index (κ3) is 3.55. The highest BCUT2D eigenvalue weighted by Crippen LogP contribution is 2.25. The van der Waals surface area contributed by atoms with E-state index in [9.17, 15) is 9.90 Å². The zero-order chi connectivity index (χ0) is 13.9. The maximum absolute atomic E-state index is 12.1. The second-order valence-corrected chi connectivity index (χ2v) is 5.73. The molecule has 0 saturated carbocycles. The van der Waals surface area contributed by atoms with Crippen LogP contribution in [0.25, 0.3) is 0 Å². The molecule has 0 bridgehead atoms. The Morgan fingerprint density at radius 2 is 2.16 bits per heavy atom. The number of hydrogen-bond acceptors (Lipinski definition) is 3. The summed E-state index contributed by atoms with van der Waals surface area (Å²) < 4.78 is 5.30. The molecule has 0 radical (unpaired) electrons. The monoisotopic (exact) mass is 263 g/mol. The third-order valence-corrected chi connectivity index (χ3v) is 3.56. The summed E-state index contributed by atoms with van der Waals surface area (Å²) in [7, 11) is 0.